The summed E-state index contributed by atoms with van der Waals surface area (Å²) in [5.74, 6) is 0.0462. The molecule has 0 bridgehead atoms. The van der Waals surface area contributed by atoms with Gasteiger partial charge >= 0.3 is 0 Å². The first-order chi connectivity index (χ1) is 10.2. The highest BCUT2D eigenvalue weighted by molar-refractivity contribution is 5.78. The maximum absolute atomic E-state index is 11.8. The van der Waals surface area contributed by atoms with Crippen molar-refractivity contribution in [3.63, 3.8) is 0 Å². The van der Waals surface area contributed by atoms with Crippen molar-refractivity contribution in [2.75, 3.05) is 12.3 Å². The largest absolute Gasteiger partial charge is 0.399 e. The molecule has 0 spiro atoms. The molecular weight excluding hydrogens is 260 g/mol. The number of anilines is 1. The molecule has 2 aromatic carbocycles. The second kappa shape index (κ2) is 7.48. The third-order valence-electron chi connectivity index (χ3n) is 3.51. The SMILES string of the molecule is CCc1ccc(CCNC(=O)Cc2ccc(N)cc2)cc1. The number of carbonyl (C=O) groups excluding carboxylic acids is 1. The fourth-order valence-corrected chi connectivity index (χ4v) is 2.17. The Bertz CT molecular complexity index is 573. The second-order valence-corrected chi connectivity index (χ2v) is 5.19. The van der Waals surface area contributed by atoms with E-state index in [0.717, 1.165) is 24.1 Å². The molecule has 0 radical (unpaired) electrons. The Morgan fingerprint density at radius 3 is 2.14 bits per heavy atom. The monoisotopic (exact) mass is 282 g/mol. The van der Waals surface area contributed by atoms with Gasteiger partial charge in [-0.15, -0.1) is 0 Å². The van der Waals surface area contributed by atoms with Gasteiger partial charge in [-0.1, -0.05) is 43.3 Å². The number of nitrogens with two attached hydrogens (primary N) is 1. The number of carbonyl (C=O) groups is 1. The Morgan fingerprint density at radius 1 is 0.952 bits per heavy atom. The Balaban J connectivity index is 1.74. The zero-order valence-corrected chi connectivity index (χ0v) is 12.4. The van der Waals surface area contributed by atoms with E-state index in [1.807, 2.05) is 24.3 Å². The van der Waals surface area contributed by atoms with E-state index < -0.39 is 0 Å². The van der Waals surface area contributed by atoms with Crippen LogP contribution >= 0.6 is 0 Å². The van der Waals surface area contributed by atoms with E-state index in [1.165, 1.54) is 11.1 Å². The number of aryl methyl sites for hydroxylation is 1. The Labute approximate surface area is 126 Å². The molecular formula is C18H22N2O. The molecule has 0 aromatic heterocycles. The average molecular weight is 282 g/mol. The molecule has 1 amide bonds. The smallest absolute Gasteiger partial charge is 0.224 e. The van der Waals surface area contributed by atoms with Gasteiger partial charge in [0.15, 0.2) is 0 Å². The van der Waals surface area contributed by atoms with Crippen molar-refractivity contribution in [2.45, 2.75) is 26.2 Å². The number of amides is 1. The molecule has 2 rings (SSSR count). The van der Waals surface area contributed by atoms with Crippen molar-refractivity contribution >= 4 is 11.6 Å². The number of hydrogen-bond donors (Lipinski definition) is 2. The molecule has 2 aromatic rings. The van der Waals surface area contributed by atoms with Gasteiger partial charge in [0.25, 0.3) is 0 Å². The fourth-order valence-electron chi connectivity index (χ4n) is 2.17. The first kappa shape index (κ1) is 15.1. The van der Waals surface area contributed by atoms with Crippen LogP contribution in [0.25, 0.3) is 0 Å². The van der Waals surface area contributed by atoms with Crippen molar-refractivity contribution in [1.82, 2.24) is 5.32 Å². The van der Waals surface area contributed by atoms with Crippen LogP contribution in [0.3, 0.4) is 0 Å². The Hall–Kier alpha value is -2.29. The predicted octanol–water partition coefficient (Wildman–Crippen LogP) is 2.73. The maximum Gasteiger partial charge on any atom is 0.224 e. The van der Waals surface area contributed by atoms with Gasteiger partial charge in [-0.3, -0.25) is 4.79 Å². The molecule has 0 atom stereocenters. The minimum Gasteiger partial charge on any atom is -0.399 e. The quantitative estimate of drug-likeness (QED) is 0.800. The topological polar surface area (TPSA) is 55.1 Å². The van der Waals surface area contributed by atoms with E-state index in [0.29, 0.717) is 13.0 Å². The zero-order chi connectivity index (χ0) is 15.1. The van der Waals surface area contributed by atoms with Gasteiger partial charge in [-0.2, -0.15) is 0 Å². The lowest BCUT2D eigenvalue weighted by molar-refractivity contribution is -0.120. The summed E-state index contributed by atoms with van der Waals surface area (Å²) < 4.78 is 0. The summed E-state index contributed by atoms with van der Waals surface area (Å²) in [5.41, 5.74) is 9.91. The molecule has 3 N–H and O–H groups in total. The van der Waals surface area contributed by atoms with E-state index in [-0.39, 0.29) is 5.91 Å². The molecule has 21 heavy (non-hydrogen) atoms. The number of rotatable bonds is 6. The van der Waals surface area contributed by atoms with E-state index in [1.54, 1.807) is 0 Å². The summed E-state index contributed by atoms with van der Waals surface area (Å²) in [6, 6.07) is 16.0. The van der Waals surface area contributed by atoms with Crippen molar-refractivity contribution in [3.05, 3.63) is 65.2 Å². The normalized spacial score (nSPS) is 10.3. The number of hydrogen-bond acceptors (Lipinski definition) is 2. The van der Waals surface area contributed by atoms with E-state index in [4.69, 9.17) is 5.73 Å². The van der Waals surface area contributed by atoms with Crippen molar-refractivity contribution < 1.29 is 4.79 Å². The van der Waals surface area contributed by atoms with Crippen molar-refractivity contribution in [1.29, 1.82) is 0 Å². The number of nitrogen functional groups attached to an aromatic ring is 1. The molecule has 3 nitrogen and oxygen atoms in total. The molecule has 3 heteroatoms. The minimum atomic E-state index is 0.0462. The van der Waals surface area contributed by atoms with Gasteiger partial charge in [0.05, 0.1) is 6.42 Å². The molecule has 110 valence electrons. The van der Waals surface area contributed by atoms with Crippen LogP contribution in [-0.2, 0) is 24.1 Å². The molecule has 0 saturated heterocycles. The highest BCUT2D eigenvalue weighted by Crippen LogP contribution is 2.07. The summed E-state index contributed by atoms with van der Waals surface area (Å²) in [7, 11) is 0. The van der Waals surface area contributed by atoms with Gasteiger partial charge in [-0.05, 0) is 41.7 Å². The van der Waals surface area contributed by atoms with Crippen molar-refractivity contribution in [3.8, 4) is 0 Å². The van der Waals surface area contributed by atoms with Crippen LogP contribution in [-0.4, -0.2) is 12.5 Å². The highest BCUT2D eigenvalue weighted by Gasteiger charge is 2.03. The third kappa shape index (κ3) is 4.95. The fraction of sp³-hybridized carbons (Fsp3) is 0.278. The van der Waals surface area contributed by atoms with Gasteiger partial charge in [0.1, 0.15) is 0 Å². The first-order valence-corrected chi connectivity index (χ1v) is 7.36. The van der Waals surface area contributed by atoms with Crippen LogP contribution in [0.15, 0.2) is 48.5 Å². The summed E-state index contributed by atoms with van der Waals surface area (Å²) in [5, 5.41) is 2.95. The van der Waals surface area contributed by atoms with Crippen molar-refractivity contribution in [2.24, 2.45) is 0 Å². The standard InChI is InChI=1S/C18H22N2O/c1-2-14-3-5-15(6-4-14)11-12-20-18(21)13-16-7-9-17(19)10-8-16/h3-10H,2,11-13,19H2,1H3,(H,20,21). The van der Waals surface area contributed by atoms with Crippen LogP contribution in [0.2, 0.25) is 0 Å². The van der Waals surface area contributed by atoms with E-state index >= 15 is 0 Å². The van der Waals surface area contributed by atoms with Crippen LogP contribution in [0.1, 0.15) is 23.6 Å². The zero-order valence-electron chi connectivity index (χ0n) is 12.4. The molecule has 0 aliphatic carbocycles. The predicted molar refractivity (Wildman–Crippen MR) is 87.1 cm³/mol. The molecule has 0 saturated carbocycles. The van der Waals surface area contributed by atoms with Gasteiger partial charge in [0, 0.05) is 12.2 Å². The van der Waals surface area contributed by atoms with E-state index in [2.05, 4.69) is 36.5 Å². The van der Waals surface area contributed by atoms with Gasteiger partial charge < -0.3 is 11.1 Å². The molecule has 0 fully saturated rings. The Kier molecular flexibility index (Phi) is 5.38. The van der Waals surface area contributed by atoms with Gasteiger partial charge in [0.2, 0.25) is 5.91 Å². The lowest BCUT2D eigenvalue weighted by Gasteiger charge is -2.06. The number of nitrogens with one attached hydrogen (secondary N) is 1. The summed E-state index contributed by atoms with van der Waals surface area (Å²) in [4.78, 5) is 11.8. The summed E-state index contributed by atoms with van der Waals surface area (Å²) >= 11 is 0. The van der Waals surface area contributed by atoms with Gasteiger partial charge in [-0.25, -0.2) is 0 Å². The third-order valence-corrected chi connectivity index (χ3v) is 3.51. The van der Waals surface area contributed by atoms with Crippen LogP contribution < -0.4 is 11.1 Å². The lowest BCUT2D eigenvalue weighted by atomic mass is 10.1. The molecule has 0 heterocycles. The second-order valence-electron chi connectivity index (χ2n) is 5.19. The first-order valence-electron chi connectivity index (χ1n) is 7.36. The Morgan fingerprint density at radius 2 is 1.52 bits per heavy atom. The van der Waals surface area contributed by atoms with Crippen LogP contribution in [0.5, 0.6) is 0 Å². The molecule has 0 aliphatic heterocycles. The average Bonchev–Trinajstić information content (AvgIpc) is 2.50. The highest BCUT2D eigenvalue weighted by atomic mass is 16.1. The summed E-state index contributed by atoms with van der Waals surface area (Å²) in [6.45, 7) is 2.81. The summed E-state index contributed by atoms with van der Waals surface area (Å²) in [6.07, 6.45) is 2.31. The maximum atomic E-state index is 11.8. The molecule has 0 aliphatic rings. The lowest BCUT2D eigenvalue weighted by Crippen LogP contribution is -2.27. The van der Waals surface area contributed by atoms with E-state index in [9.17, 15) is 4.79 Å². The number of benzene rings is 2. The van der Waals surface area contributed by atoms with Crippen LogP contribution in [0, 0.1) is 0 Å². The van der Waals surface area contributed by atoms with Crippen LogP contribution in [0.4, 0.5) is 5.69 Å². The minimum absolute atomic E-state index is 0.0462. The molecule has 0 unspecified atom stereocenters.